The monoisotopic (exact) mass is 284 g/mol. The lowest BCUT2D eigenvalue weighted by Crippen LogP contribution is -2.47. The highest BCUT2D eigenvalue weighted by molar-refractivity contribution is 5.75. The van der Waals surface area contributed by atoms with Crippen LogP contribution in [0.2, 0.25) is 0 Å². The molecule has 2 fully saturated rings. The average Bonchev–Trinajstić information content (AvgIpc) is 2.47. The lowest BCUT2D eigenvalue weighted by atomic mass is 9.97. The molecule has 0 aromatic rings. The van der Waals surface area contributed by atoms with E-state index in [9.17, 15) is 9.59 Å². The number of carboxylic acid groups (broad SMARTS) is 1. The zero-order valence-electron chi connectivity index (χ0n) is 12.1. The molecule has 2 aliphatic rings. The first kappa shape index (κ1) is 15.1. The fraction of sp³-hybridized carbons (Fsp3) is 0.857. The molecule has 2 aliphatic heterocycles. The number of likely N-dealkylation sites (tertiary alicyclic amines) is 1. The summed E-state index contributed by atoms with van der Waals surface area (Å²) in [4.78, 5) is 26.8. The molecular weight excluding hydrogens is 260 g/mol. The number of hydrogen-bond donors (Lipinski definition) is 1. The van der Waals surface area contributed by atoms with Gasteiger partial charge in [-0.2, -0.15) is 0 Å². The van der Waals surface area contributed by atoms with Crippen LogP contribution in [-0.2, 0) is 9.53 Å². The van der Waals surface area contributed by atoms with Crippen molar-refractivity contribution in [1.82, 2.24) is 9.80 Å². The van der Waals surface area contributed by atoms with Crippen LogP contribution in [0.25, 0.3) is 0 Å². The van der Waals surface area contributed by atoms with Gasteiger partial charge in [-0.15, -0.1) is 0 Å². The summed E-state index contributed by atoms with van der Waals surface area (Å²) in [5, 5.41) is 8.96. The van der Waals surface area contributed by atoms with Crippen molar-refractivity contribution in [3.05, 3.63) is 0 Å². The molecule has 0 saturated carbocycles. The minimum Gasteiger partial charge on any atom is -0.481 e. The molecule has 2 saturated heterocycles. The van der Waals surface area contributed by atoms with Crippen molar-refractivity contribution in [3.63, 3.8) is 0 Å². The first-order valence-electron chi connectivity index (χ1n) is 7.38. The maximum Gasteiger partial charge on any atom is 0.319 e. The highest BCUT2D eigenvalue weighted by Gasteiger charge is 2.29. The second-order valence-corrected chi connectivity index (χ2v) is 5.82. The minimum absolute atomic E-state index is 0.0281. The van der Waals surface area contributed by atoms with Crippen molar-refractivity contribution >= 4 is 12.0 Å². The Bertz CT molecular complexity index is 347. The quantitative estimate of drug-likeness (QED) is 0.847. The van der Waals surface area contributed by atoms with E-state index < -0.39 is 5.97 Å². The molecule has 0 bridgehead atoms. The molecule has 1 N–H and O–H groups in total. The molecule has 0 aromatic heterocycles. The third kappa shape index (κ3) is 3.85. The molecule has 20 heavy (non-hydrogen) atoms. The van der Waals surface area contributed by atoms with Crippen LogP contribution in [0.3, 0.4) is 0 Å². The molecule has 0 aromatic carbocycles. The van der Waals surface area contributed by atoms with Gasteiger partial charge in [0.05, 0.1) is 5.92 Å². The van der Waals surface area contributed by atoms with Crippen LogP contribution in [0.15, 0.2) is 0 Å². The number of urea groups is 1. The zero-order chi connectivity index (χ0) is 14.5. The summed E-state index contributed by atoms with van der Waals surface area (Å²) in [5.41, 5.74) is 0. The zero-order valence-corrected chi connectivity index (χ0v) is 12.1. The molecule has 6 nitrogen and oxygen atoms in total. The van der Waals surface area contributed by atoms with Gasteiger partial charge in [-0.1, -0.05) is 0 Å². The third-order valence-corrected chi connectivity index (χ3v) is 4.31. The van der Waals surface area contributed by atoms with Gasteiger partial charge in [0.2, 0.25) is 0 Å². The van der Waals surface area contributed by atoms with Crippen LogP contribution >= 0.6 is 0 Å². The van der Waals surface area contributed by atoms with Crippen molar-refractivity contribution < 1.29 is 19.4 Å². The van der Waals surface area contributed by atoms with Crippen molar-refractivity contribution in [3.8, 4) is 0 Å². The van der Waals surface area contributed by atoms with Gasteiger partial charge in [0.25, 0.3) is 0 Å². The minimum atomic E-state index is -0.743. The van der Waals surface area contributed by atoms with E-state index in [-0.39, 0.29) is 11.9 Å². The Hall–Kier alpha value is -1.30. The number of nitrogens with zero attached hydrogens (tertiary/aromatic N) is 2. The van der Waals surface area contributed by atoms with Crippen LogP contribution in [0.1, 0.15) is 25.7 Å². The SMILES string of the molecule is CN(CC1CCOCC1)C(=O)N1CCC(C(=O)O)CC1. The van der Waals surface area contributed by atoms with Gasteiger partial charge in [0, 0.05) is 39.9 Å². The molecule has 0 atom stereocenters. The van der Waals surface area contributed by atoms with Crippen molar-refractivity contribution in [2.45, 2.75) is 25.7 Å². The summed E-state index contributed by atoms with van der Waals surface area (Å²) < 4.78 is 5.32. The number of ether oxygens (including phenoxy) is 1. The van der Waals surface area contributed by atoms with Crippen LogP contribution in [0.4, 0.5) is 4.79 Å². The number of aliphatic carboxylic acids is 1. The molecule has 2 rings (SSSR count). The molecule has 2 heterocycles. The summed E-state index contributed by atoms with van der Waals surface area (Å²) in [6.07, 6.45) is 3.15. The Labute approximate surface area is 119 Å². The van der Waals surface area contributed by atoms with Gasteiger partial charge >= 0.3 is 12.0 Å². The number of hydrogen-bond acceptors (Lipinski definition) is 3. The van der Waals surface area contributed by atoms with Gasteiger partial charge < -0.3 is 19.6 Å². The van der Waals surface area contributed by atoms with Gasteiger partial charge in [-0.25, -0.2) is 4.79 Å². The third-order valence-electron chi connectivity index (χ3n) is 4.31. The molecule has 2 amide bonds. The smallest absolute Gasteiger partial charge is 0.319 e. The van der Waals surface area contributed by atoms with Crippen LogP contribution in [-0.4, -0.2) is 66.8 Å². The molecule has 0 aliphatic carbocycles. The molecule has 6 heteroatoms. The molecular formula is C14H24N2O4. The number of amides is 2. The summed E-state index contributed by atoms with van der Waals surface area (Å²) in [7, 11) is 1.83. The average molecular weight is 284 g/mol. The summed E-state index contributed by atoms with van der Waals surface area (Å²) >= 11 is 0. The Kier molecular flexibility index (Phi) is 5.23. The van der Waals surface area contributed by atoms with Crippen LogP contribution in [0, 0.1) is 11.8 Å². The van der Waals surface area contributed by atoms with Gasteiger partial charge in [0.1, 0.15) is 0 Å². The van der Waals surface area contributed by atoms with Gasteiger partial charge in [-0.3, -0.25) is 4.79 Å². The summed E-state index contributed by atoms with van der Waals surface area (Å²) in [6, 6.07) is 0.0281. The highest BCUT2D eigenvalue weighted by atomic mass is 16.5. The number of carboxylic acids is 1. The maximum absolute atomic E-state index is 12.3. The van der Waals surface area contributed by atoms with E-state index in [4.69, 9.17) is 9.84 Å². The number of rotatable bonds is 3. The topological polar surface area (TPSA) is 70.1 Å². The van der Waals surface area contributed by atoms with E-state index in [0.717, 1.165) is 32.6 Å². The highest BCUT2D eigenvalue weighted by Crippen LogP contribution is 2.20. The van der Waals surface area contributed by atoms with E-state index in [1.807, 2.05) is 7.05 Å². The normalized spacial score (nSPS) is 21.8. The maximum atomic E-state index is 12.3. The Morgan fingerprint density at radius 3 is 2.35 bits per heavy atom. The summed E-state index contributed by atoms with van der Waals surface area (Å²) in [6.45, 7) is 3.44. The van der Waals surface area contributed by atoms with Gasteiger partial charge in [-0.05, 0) is 31.6 Å². The predicted molar refractivity (Wildman–Crippen MR) is 73.5 cm³/mol. The molecule has 0 radical (unpaired) electrons. The van der Waals surface area contributed by atoms with E-state index in [0.29, 0.717) is 31.8 Å². The molecule has 0 unspecified atom stereocenters. The fourth-order valence-corrected chi connectivity index (χ4v) is 2.95. The predicted octanol–water partition coefficient (Wildman–Crippen LogP) is 1.26. The van der Waals surface area contributed by atoms with Crippen LogP contribution in [0.5, 0.6) is 0 Å². The fourth-order valence-electron chi connectivity index (χ4n) is 2.95. The molecule has 0 spiro atoms. The van der Waals surface area contributed by atoms with Crippen LogP contribution < -0.4 is 0 Å². The molecule has 114 valence electrons. The van der Waals surface area contributed by atoms with Crippen molar-refractivity contribution in [2.75, 3.05) is 39.9 Å². The first-order valence-corrected chi connectivity index (χ1v) is 7.38. The largest absolute Gasteiger partial charge is 0.481 e. The van der Waals surface area contributed by atoms with Crippen molar-refractivity contribution in [1.29, 1.82) is 0 Å². The Morgan fingerprint density at radius 1 is 1.20 bits per heavy atom. The summed E-state index contributed by atoms with van der Waals surface area (Å²) in [5.74, 6) is -0.512. The second-order valence-electron chi connectivity index (χ2n) is 5.82. The van der Waals surface area contributed by atoms with E-state index in [1.165, 1.54) is 0 Å². The lowest BCUT2D eigenvalue weighted by molar-refractivity contribution is -0.143. The van der Waals surface area contributed by atoms with Crippen molar-refractivity contribution in [2.24, 2.45) is 11.8 Å². The standard InChI is InChI=1S/C14H24N2O4/c1-15(10-11-4-8-20-9-5-11)14(19)16-6-2-12(3-7-16)13(17)18/h11-12H,2-10H2,1H3,(H,17,18). The number of carbonyl (C=O) groups excluding carboxylic acids is 1. The number of piperidine rings is 1. The van der Waals surface area contributed by atoms with E-state index >= 15 is 0 Å². The van der Waals surface area contributed by atoms with Gasteiger partial charge in [0.15, 0.2) is 0 Å². The Morgan fingerprint density at radius 2 is 1.80 bits per heavy atom. The Balaban J connectivity index is 1.77. The first-order chi connectivity index (χ1) is 9.58. The number of carbonyl (C=O) groups is 2. The van der Waals surface area contributed by atoms with E-state index in [1.54, 1.807) is 9.80 Å². The van der Waals surface area contributed by atoms with E-state index in [2.05, 4.69) is 0 Å². The second kappa shape index (κ2) is 6.92. The lowest BCUT2D eigenvalue weighted by Gasteiger charge is -2.35.